The number of hydrogen-bond acceptors (Lipinski definition) is 4. The van der Waals surface area contributed by atoms with Gasteiger partial charge in [-0.2, -0.15) is 12.6 Å². The second kappa shape index (κ2) is 11.1. The van der Waals surface area contributed by atoms with Crippen LogP contribution in [-0.4, -0.2) is 25.8 Å². The molecule has 1 saturated heterocycles. The average Bonchev–Trinajstić information content (AvgIpc) is 2.91. The molecule has 0 aliphatic carbocycles. The highest BCUT2D eigenvalue weighted by molar-refractivity contribution is 7.80. The molecule has 1 N–H and O–H groups in total. The van der Waals surface area contributed by atoms with Crippen molar-refractivity contribution in [3.63, 3.8) is 0 Å². The van der Waals surface area contributed by atoms with Gasteiger partial charge in [0.05, 0.1) is 18.0 Å². The number of benzene rings is 4. The van der Waals surface area contributed by atoms with E-state index in [1.807, 2.05) is 18.2 Å². The minimum atomic E-state index is 0.0539. The fourth-order valence-corrected chi connectivity index (χ4v) is 4.92. The molecule has 4 aromatic rings. The van der Waals surface area contributed by atoms with Crippen LogP contribution in [0.2, 0.25) is 0 Å². The van der Waals surface area contributed by atoms with Gasteiger partial charge in [0.1, 0.15) is 12.4 Å². The van der Waals surface area contributed by atoms with Crippen LogP contribution in [0.15, 0.2) is 97.1 Å². The molecule has 4 aromatic carbocycles. The number of thiol groups is 1. The highest BCUT2D eigenvalue weighted by atomic mass is 32.1. The summed E-state index contributed by atoms with van der Waals surface area (Å²) in [5.74, 6) is 1.25. The monoisotopic (exact) mass is 469 g/mol. The number of ether oxygens (including phenoxy) is 2. The summed E-state index contributed by atoms with van der Waals surface area (Å²) in [6, 6.07) is 33.8. The predicted molar refractivity (Wildman–Crippen MR) is 143 cm³/mol. The molecule has 3 atom stereocenters. The van der Waals surface area contributed by atoms with Crippen molar-refractivity contribution < 1.29 is 9.47 Å². The molecule has 1 fully saturated rings. The van der Waals surface area contributed by atoms with Gasteiger partial charge in [-0.25, -0.2) is 0 Å². The van der Waals surface area contributed by atoms with Gasteiger partial charge in [-0.05, 0) is 58.6 Å². The van der Waals surface area contributed by atoms with Gasteiger partial charge in [-0.15, -0.1) is 0 Å². The van der Waals surface area contributed by atoms with E-state index in [2.05, 4.69) is 96.8 Å². The summed E-state index contributed by atoms with van der Waals surface area (Å²) in [6.07, 6.45) is 1.21. The molecule has 5 rings (SSSR count). The minimum Gasteiger partial charge on any atom is -0.492 e. The van der Waals surface area contributed by atoms with Gasteiger partial charge in [-0.3, -0.25) is 0 Å². The van der Waals surface area contributed by atoms with Crippen LogP contribution in [0.5, 0.6) is 5.75 Å². The molecule has 4 heteroatoms. The third kappa shape index (κ3) is 5.64. The molecule has 174 valence electrons. The van der Waals surface area contributed by atoms with E-state index < -0.39 is 0 Å². The summed E-state index contributed by atoms with van der Waals surface area (Å²) in [4.78, 5) is 0. The topological polar surface area (TPSA) is 30.5 Å². The van der Waals surface area contributed by atoms with E-state index in [1.165, 1.54) is 27.5 Å². The van der Waals surface area contributed by atoms with E-state index in [0.717, 1.165) is 25.3 Å². The standard InChI is InChI=1S/C30H31NO2S/c34-30(25-7-2-1-3-8-25)21-32-27-14-12-24(13-15-27)28-16-17-31-19-29(28)33-20-22-10-11-23-6-4-5-9-26(23)18-22/h1-15,18,28-31,34H,16-17,19-21H2. The molecule has 3 nitrogen and oxygen atoms in total. The van der Waals surface area contributed by atoms with Gasteiger partial charge >= 0.3 is 0 Å². The Morgan fingerprint density at radius 2 is 1.62 bits per heavy atom. The van der Waals surface area contributed by atoms with Crippen molar-refractivity contribution >= 4 is 23.4 Å². The SMILES string of the molecule is SC(COc1ccc(C2CCNCC2OCc2ccc3ccccc3c2)cc1)c1ccccc1. The fraction of sp³-hybridized carbons (Fsp3) is 0.267. The lowest BCUT2D eigenvalue weighted by Gasteiger charge is -2.32. The smallest absolute Gasteiger partial charge is 0.119 e. The van der Waals surface area contributed by atoms with Gasteiger partial charge in [0.2, 0.25) is 0 Å². The van der Waals surface area contributed by atoms with Gasteiger partial charge in [0.25, 0.3) is 0 Å². The molecule has 0 bridgehead atoms. The zero-order valence-electron chi connectivity index (χ0n) is 19.3. The van der Waals surface area contributed by atoms with Gasteiger partial charge in [-0.1, -0.05) is 78.9 Å². The lowest BCUT2D eigenvalue weighted by molar-refractivity contribution is 0.0106. The average molecular weight is 470 g/mol. The lowest BCUT2D eigenvalue weighted by atomic mass is 9.87. The van der Waals surface area contributed by atoms with Crippen LogP contribution >= 0.6 is 12.6 Å². The summed E-state index contributed by atoms with van der Waals surface area (Å²) >= 11 is 4.69. The Morgan fingerprint density at radius 3 is 2.44 bits per heavy atom. The summed E-state index contributed by atoms with van der Waals surface area (Å²) in [6.45, 7) is 3.04. The third-order valence-corrected chi connectivity index (χ3v) is 7.05. The van der Waals surface area contributed by atoms with Crippen molar-refractivity contribution in [3.8, 4) is 5.75 Å². The maximum absolute atomic E-state index is 6.44. The predicted octanol–water partition coefficient (Wildman–Crippen LogP) is 6.55. The Morgan fingerprint density at radius 1 is 0.853 bits per heavy atom. The third-order valence-electron chi connectivity index (χ3n) is 6.60. The first-order valence-corrected chi connectivity index (χ1v) is 12.5. The Balaban J connectivity index is 1.20. The molecular formula is C30H31NO2S. The van der Waals surface area contributed by atoms with Crippen LogP contribution in [0.4, 0.5) is 0 Å². The van der Waals surface area contributed by atoms with Crippen molar-refractivity contribution in [3.05, 3.63) is 114 Å². The van der Waals surface area contributed by atoms with Crippen LogP contribution in [0, 0.1) is 0 Å². The first-order chi connectivity index (χ1) is 16.8. The molecule has 1 aliphatic rings. The number of fused-ring (bicyclic) bond motifs is 1. The first-order valence-electron chi connectivity index (χ1n) is 12.0. The number of piperidine rings is 1. The van der Waals surface area contributed by atoms with Crippen molar-refractivity contribution in [2.75, 3.05) is 19.7 Å². The maximum Gasteiger partial charge on any atom is 0.119 e. The Labute approximate surface area is 207 Å². The highest BCUT2D eigenvalue weighted by Crippen LogP contribution is 2.30. The molecule has 1 aliphatic heterocycles. The van der Waals surface area contributed by atoms with E-state index in [0.29, 0.717) is 19.1 Å². The zero-order valence-corrected chi connectivity index (χ0v) is 20.2. The summed E-state index contributed by atoms with van der Waals surface area (Å²) < 4.78 is 12.5. The molecular weight excluding hydrogens is 438 g/mol. The number of rotatable bonds is 8. The van der Waals surface area contributed by atoms with Crippen LogP contribution in [0.3, 0.4) is 0 Å². The second-order valence-corrected chi connectivity index (χ2v) is 9.56. The molecule has 0 radical (unpaired) electrons. The van der Waals surface area contributed by atoms with Crippen molar-refractivity contribution in [1.82, 2.24) is 5.32 Å². The molecule has 0 amide bonds. The molecule has 0 spiro atoms. The van der Waals surface area contributed by atoms with Crippen LogP contribution in [0.25, 0.3) is 10.8 Å². The van der Waals surface area contributed by atoms with Crippen molar-refractivity contribution in [2.24, 2.45) is 0 Å². The van der Waals surface area contributed by atoms with Gasteiger partial charge < -0.3 is 14.8 Å². The molecule has 1 heterocycles. The largest absolute Gasteiger partial charge is 0.492 e. The lowest BCUT2D eigenvalue weighted by Crippen LogP contribution is -2.40. The molecule has 0 aromatic heterocycles. The Hall–Kier alpha value is -2.79. The van der Waals surface area contributed by atoms with Crippen molar-refractivity contribution in [1.29, 1.82) is 0 Å². The van der Waals surface area contributed by atoms with E-state index in [9.17, 15) is 0 Å². The Kier molecular flexibility index (Phi) is 7.49. The van der Waals surface area contributed by atoms with Crippen LogP contribution in [0.1, 0.15) is 34.3 Å². The molecule has 34 heavy (non-hydrogen) atoms. The normalized spacial score (nSPS) is 19.1. The van der Waals surface area contributed by atoms with E-state index in [1.54, 1.807) is 0 Å². The highest BCUT2D eigenvalue weighted by Gasteiger charge is 2.27. The van der Waals surface area contributed by atoms with Gasteiger partial charge in [0, 0.05) is 12.5 Å². The zero-order chi connectivity index (χ0) is 23.2. The van der Waals surface area contributed by atoms with E-state index in [4.69, 9.17) is 9.47 Å². The van der Waals surface area contributed by atoms with E-state index in [-0.39, 0.29) is 11.4 Å². The molecule has 3 unspecified atom stereocenters. The quantitative estimate of drug-likeness (QED) is 0.287. The minimum absolute atomic E-state index is 0.0539. The van der Waals surface area contributed by atoms with Crippen LogP contribution < -0.4 is 10.1 Å². The first kappa shape index (κ1) is 23.0. The Bertz CT molecular complexity index is 1200. The van der Waals surface area contributed by atoms with Crippen molar-refractivity contribution in [2.45, 2.75) is 30.3 Å². The van der Waals surface area contributed by atoms with Crippen LogP contribution in [-0.2, 0) is 11.3 Å². The summed E-state index contributed by atoms with van der Waals surface area (Å²) in [7, 11) is 0. The maximum atomic E-state index is 6.44. The summed E-state index contributed by atoms with van der Waals surface area (Å²) in [5, 5.41) is 6.08. The molecule has 0 saturated carbocycles. The fourth-order valence-electron chi connectivity index (χ4n) is 4.68. The summed E-state index contributed by atoms with van der Waals surface area (Å²) in [5.41, 5.74) is 3.69. The van der Waals surface area contributed by atoms with E-state index >= 15 is 0 Å². The number of hydrogen-bond donors (Lipinski definition) is 2. The van der Waals surface area contributed by atoms with Gasteiger partial charge in [0.15, 0.2) is 0 Å². The number of nitrogens with one attached hydrogen (secondary N) is 1. The second-order valence-electron chi connectivity index (χ2n) is 8.94.